The molecule has 0 saturated heterocycles. The van der Waals surface area contributed by atoms with E-state index in [1.165, 1.54) is 5.30 Å². The molecule has 0 N–H and O–H groups in total. The van der Waals surface area contributed by atoms with Gasteiger partial charge in [-0.05, 0) is 0 Å². The van der Waals surface area contributed by atoms with Gasteiger partial charge in [-0.25, -0.2) is 0 Å². The van der Waals surface area contributed by atoms with Gasteiger partial charge in [-0.15, -0.1) is 0 Å². The molecule has 20 heavy (non-hydrogen) atoms. The molecule has 0 radical (unpaired) electrons. The van der Waals surface area contributed by atoms with Crippen molar-refractivity contribution >= 4 is 24.2 Å². The molecule has 0 fully saturated rings. The molecule has 1 rings (SSSR count). The van der Waals surface area contributed by atoms with E-state index in [1.807, 2.05) is 12.1 Å². The molecular formula is C16H27ClOPPd. The van der Waals surface area contributed by atoms with Gasteiger partial charge in [0.2, 0.25) is 0 Å². The maximum atomic E-state index is 6.77. The number of alkyl halides is 1. The fraction of sp³-hybridized carbons (Fsp3) is 0.625. The second kappa shape index (κ2) is 6.26. The van der Waals surface area contributed by atoms with Crippen LogP contribution in [0.3, 0.4) is 0 Å². The van der Waals surface area contributed by atoms with E-state index in [-0.39, 0.29) is 13.9 Å². The van der Waals surface area contributed by atoms with E-state index in [2.05, 4.69) is 72.9 Å². The number of halogens is 1. The zero-order chi connectivity index (χ0) is 15.8. The summed E-state index contributed by atoms with van der Waals surface area (Å²) in [4.78, 5) is 0. The first-order valence-electron chi connectivity index (χ1n) is 6.88. The molecule has 0 aromatic heterocycles. The van der Waals surface area contributed by atoms with E-state index in [0.717, 1.165) is 5.75 Å². The summed E-state index contributed by atoms with van der Waals surface area (Å²) in [7, 11) is -0.404. The summed E-state index contributed by atoms with van der Waals surface area (Å²) in [5, 5.41) is 1.51. The van der Waals surface area contributed by atoms with Crippen LogP contribution in [-0.4, -0.2) is 21.0 Å². The molecule has 0 saturated carbocycles. The summed E-state index contributed by atoms with van der Waals surface area (Å²) in [6.45, 7) is 13.8. The molecule has 0 amide bonds. The zero-order valence-corrected chi connectivity index (χ0v) is 16.8. The second-order valence-electron chi connectivity index (χ2n) is 7.28. The number of rotatable bonds is 3. The SMILES string of the molecule is COc1ccccc1[PH]([CH](Cl)[Pd])(C(C)(C)C)C(C)(C)C. The van der Waals surface area contributed by atoms with Crippen molar-refractivity contribution in [2.75, 3.05) is 7.11 Å². The number of hydrogen-bond donors (Lipinski definition) is 0. The van der Waals surface area contributed by atoms with E-state index in [9.17, 15) is 0 Å². The van der Waals surface area contributed by atoms with Gasteiger partial charge in [0.1, 0.15) is 0 Å². The molecule has 1 atom stereocenters. The first-order chi connectivity index (χ1) is 9.00. The third-order valence-electron chi connectivity index (χ3n) is 4.20. The molecule has 0 aliphatic rings. The molecule has 0 heterocycles. The van der Waals surface area contributed by atoms with Crippen LogP contribution in [0.2, 0.25) is 0 Å². The third kappa shape index (κ3) is 2.96. The number of para-hydroxylation sites is 1. The van der Waals surface area contributed by atoms with Gasteiger partial charge in [-0.3, -0.25) is 0 Å². The van der Waals surface area contributed by atoms with Gasteiger partial charge >= 0.3 is 141 Å². The molecule has 1 nitrogen and oxygen atoms in total. The predicted molar refractivity (Wildman–Crippen MR) is 90.1 cm³/mol. The van der Waals surface area contributed by atoms with Crippen LogP contribution in [0.1, 0.15) is 41.5 Å². The van der Waals surface area contributed by atoms with Crippen molar-refractivity contribution in [3.63, 3.8) is 0 Å². The summed E-state index contributed by atoms with van der Waals surface area (Å²) in [6.07, 6.45) is 0. The topological polar surface area (TPSA) is 9.23 Å². The van der Waals surface area contributed by atoms with E-state index in [4.69, 9.17) is 16.3 Å². The Balaban J connectivity index is 3.78. The fourth-order valence-electron chi connectivity index (χ4n) is 3.61. The van der Waals surface area contributed by atoms with Gasteiger partial charge in [-0.1, -0.05) is 0 Å². The molecule has 1 aromatic rings. The van der Waals surface area contributed by atoms with Gasteiger partial charge in [0, 0.05) is 0 Å². The molecule has 1 aromatic carbocycles. The molecule has 0 spiro atoms. The Morgan fingerprint density at radius 1 is 1.05 bits per heavy atom. The van der Waals surface area contributed by atoms with Crippen molar-refractivity contribution in [1.29, 1.82) is 0 Å². The Labute approximate surface area is 140 Å². The Morgan fingerprint density at radius 3 is 1.85 bits per heavy atom. The Hall–Kier alpha value is 0.402. The van der Waals surface area contributed by atoms with Crippen LogP contribution >= 0.6 is 18.9 Å². The van der Waals surface area contributed by atoms with Crippen LogP contribution in [0.15, 0.2) is 24.3 Å². The molecule has 0 aliphatic carbocycles. The average Bonchev–Trinajstić information content (AvgIpc) is 2.25. The number of ether oxygens (including phenoxy) is 1. The van der Waals surface area contributed by atoms with Crippen molar-refractivity contribution < 1.29 is 23.9 Å². The van der Waals surface area contributed by atoms with E-state index in [1.54, 1.807) is 7.11 Å². The first kappa shape index (κ1) is 18.5. The Kier molecular flexibility index (Phi) is 5.77. The van der Waals surface area contributed by atoms with Crippen molar-refractivity contribution in [3.8, 4) is 5.75 Å². The van der Waals surface area contributed by atoms with Crippen molar-refractivity contribution in [1.82, 2.24) is 0 Å². The van der Waals surface area contributed by atoms with Crippen LogP contribution < -0.4 is 10.0 Å². The van der Waals surface area contributed by atoms with E-state index >= 15 is 0 Å². The number of methoxy groups -OCH3 is 1. The van der Waals surface area contributed by atoms with Crippen molar-refractivity contribution in [3.05, 3.63) is 24.3 Å². The quantitative estimate of drug-likeness (QED) is 0.399. The summed E-state index contributed by atoms with van der Waals surface area (Å²) >= 11 is 10.2. The van der Waals surface area contributed by atoms with E-state index in [0.29, 0.717) is 0 Å². The van der Waals surface area contributed by atoms with Crippen molar-refractivity contribution in [2.45, 2.75) is 55.4 Å². The minimum absolute atomic E-state index is 0.0261. The fourth-order valence-corrected chi connectivity index (χ4v) is 16.9. The first-order valence-corrected chi connectivity index (χ1v) is 10.3. The average molecular weight is 408 g/mol. The van der Waals surface area contributed by atoms with Gasteiger partial charge in [0.15, 0.2) is 0 Å². The van der Waals surface area contributed by atoms with Gasteiger partial charge in [-0.2, -0.15) is 0 Å². The summed E-state index contributed by atoms with van der Waals surface area (Å²) in [5.41, 5.74) is 0. The zero-order valence-electron chi connectivity index (χ0n) is 13.5. The number of hydrogen-bond acceptors (Lipinski definition) is 1. The predicted octanol–water partition coefficient (Wildman–Crippen LogP) is 4.74. The molecule has 1 unspecified atom stereocenters. The van der Waals surface area contributed by atoms with Crippen LogP contribution in [0.4, 0.5) is 0 Å². The number of benzene rings is 1. The molecule has 4 heteroatoms. The molecule has 0 bridgehead atoms. The van der Waals surface area contributed by atoms with E-state index < -0.39 is 7.26 Å². The van der Waals surface area contributed by atoms with Gasteiger partial charge in [0.05, 0.1) is 0 Å². The molecule has 119 valence electrons. The molecular weight excluding hydrogens is 381 g/mol. The normalized spacial score (nSPS) is 15.9. The molecule has 0 aliphatic heterocycles. The third-order valence-corrected chi connectivity index (χ3v) is 13.8. The maximum absolute atomic E-state index is 6.77. The van der Waals surface area contributed by atoms with Crippen LogP contribution in [0.25, 0.3) is 0 Å². The minimum atomic E-state index is -2.14. The van der Waals surface area contributed by atoms with Gasteiger partial charge < -0.3 is 0 Å². The Morgan fingerprint density at radius 2 is 1.50 bits per heavy atom. The van der Waals surface area contributed by atoms with Crippen LogP contribution in [0, 0.1) is 0 Å². The standard InChI is InChI=1S/C16H27ClOP.Pd/c1-15(2,3)19(12-17,16(4,5)6)14-11-9-8-10-13(14)18-7;/h8-12,19H,1-7H3;. The second-order valence-corrected chi connectivity index (χ2v) is 16.0. The summed E-state index contributed by atoms with van der Waals surface area (Å²) in [6, 6.07) is 8.36. The van der Waals surface area contributed by atoms with Crippen LogP contribution in [-0.2, 0) is 19.2 Å². The monoisotopic (exact) mass is 407 g/mol. The van der Waals surface area contributed by atoms with Crippen molar-refractivity contribution in [2.24, 2.45) is 0 Å². The Bertz CT molecular complexity index is 446. The summed E-state index contributed by atoms with van der Waals surface area (Å²) in [5.74, 6) is 0.959. The van der Waals surface area contributed by atoms with Crippen LogP contribution in [0.5, 0.6) is 5.75 Å². The van der Waals surface area contributed by atoms with Gasteiger partial charge in [0.25, 0.3) is 0 Å². The summed E-state index contributed by atoms with van der Waals surface area (Å²) < 4.78 is 5.63.